The third-order valence-electron chi connectivity index (χ3n) is 2.92. The Morgan fingerprint density at radius 3 is 2.72 bits per heavy atom. The van der Waals surface area contributed by atoms with Crippen LogP contribution in [0.25, 0.3) is 0 Å². The zero-order chi connectivity index (χ0) is 13.1. The van der Waals surface area contributed by atoms with E-state index in [1.165, 1.54) is 0 Å². The quantitative estimate of drug-likeness (QED) is 0.806. The topological polar surface area (TPSA) is 58.8 Å². The first-order chi connectivity index (χ1) is 8.59. The Bertz CT molecular complexity index is 447. The van der Waals surface area contributed by atoms with E-state index in [-0.39, 0.29) is 6.03 Å². The van der Waals surface area contributed by atoms with Crippen LogP contribution in [0, 0.1) is 0 Å². The number of halogens is 1. The van der Waals surface area contributed by atoms with E-state index >= 15 is 0 Å². The molecule has 18 heavy (non-hydrogen) atoms. The third kappa shape index (κ3) is 2.76. The highest BCUT2D eigenvalue weighted by Gasteiger charge is 2.22. The van der Waals surface area contributed by atoms with Crippen LogP contribution in [0.3, 0.4) is 0 Å². The first-order valence-electron chi connectivity index (χ1n) is 5.75. The van der Waals surface area contributed by atoms with E-state index in [2.05, 4.69) is 15.9 Å². The van der Waals surface area contributed by atoms with Crippen molar-refractivity contribution in [3.05, 3.63) is 22.7 Å². The van der Waals surface area contributed by atoms with Gasteiger partial charge in [-0.15, -0.1) is 0 Å². The van der Waals surface area contributed by atoms with E-state index in [1.54, 1.807) is 22.9 Å². The Morgan fingerprint density at radius 1 is 1.44 bits per heavy atom. The molecule has 1 aliphatic rings. The summed E-state index contributed by atoms with van der Waals surface area (Å²) in [7, 11) is 1.73. The lowest BCUT2D eigenvalue weighted by Gasteiger charge is -2.31. The molecule has 6 heteroatoms. The number of nitrogens with two attached hydrogens (primary N) is 1. The first-order valence-corrected chi connectivity index (χ1v) is 6.54. The molecule has 0 radical (unpaired) electrons. The molecular weight excluding hydrogens is 298 g/mol. The second kappa shape index (κ2) is 5.58. The number of morpholine rings is 1. The molecule has 0 aromatic heterocycles. The molecule has 1 aromatic rings. The second-order valence-electron chi connectivity index (χ2n) is 4.14. The molecule has 1 aromatic carbocycles. The Hall–Kier alpha value is -1.27. The number of anilines is 2. The van der Waals surface area contributed by atoms with Gasteiger partial charge in [0.2, 0.25) is 0 Å². The molecule has 98 valence electrons. The minimum atomic E-state index is -0.0488. The number of rotatable bonds is 1. The SMILES string of the molecule is CN(C(=O)N1CCOCC1)c1ccc(Br)cc1N. The maximum Gasteiger partial charge on any atom is 0.324 e. The summed E-state index contributed by atoms with van der Waals surface area (Å²) in [6.07, 6.45) is 0. The molecule has 2 rings (SSSR count). The van der Waals surface area contributed by atoms with Crippen LogP contribution in [0.2, 0.25) is 0 Å². The van der Waals surface area contributed by atoms with Crippen molar-refractivity contribution in [1.82, 2.24) is 4.90 Å². The number of hydrogen-bond donors (Lipinski definition) is 1. The van der Waals surface area contributed by atoms with Crippen molar-refractivity contribution in [3.63, 3.8) is 0 Å². The van der Waals surface area contributed by atoms with E-state index in [4.69, 9.17) is 10.5 Å². The van der Waals surface area contributed by atoms with Crippen LogP contribution in [0.15, 0.2) is 22.7 Å². The van der Waals surface area contributed by atoms with Crippen LogP contribution in [-0.2, 0) is 4.74 Å². The fourth-order valence-corrected chi connectivity index (χ4v) is 2.28. The van der Waals surface area contributed by atoms with Crippen LogP contribution in [-0.4, -0.2) is 44.3 Å². The van der Waals surface area contributed by atoms with Crippen molar-refractivity contribution >= 4 is 33.3 Å². The van der Waals surface area contributed by atoms with Gasteiger partial charge in [-0.25, -0.2) is 4.79 Å². The van der Waals surface area contributed by atoms with Crippen molar-refractivity contribution < 1.29 is 9.53 Å². The molecule has 1 heterocycles. The molecule has 0 unspecified atom stereocenters. The summed E-state index contributed by atoms with van der Waals surface area (Å²) in [6, 6.07) is 5.44. The van der Waals surface area contributed by atoms with Crippen molar-refractivity contribution in [2.75, 3.05) is 44.0 Å². The van der Waals surface area contributed by atoms with Crippen LogP contribution in [0.1, 0.15) is 0 Å². The van der Waals surface area contributed by atoms with Crippen molar-refractivity contribution in [3.8, 4) is 0 Å². The Balaban J connectivity index is 2.14. The van der Waals surface area contributed by atoms with Crippen LogP contribution in [0.5, 0.6) is 0 Å². The molecule has 2 amide bonds. The zero-order valence-electron chi connectivity index (χ0n) is 10.2. The van der Waals surface area contributed by atoms with Gasteiger partial charge in [0.05, 0.1) is 24.6 Å². The molecule has 5 nitrogen and oxygen atoms in total. The van der Waals surface area contributed by atoms with Crippen LogP contribution < -0.4 is 10.6 Å². The lowest BCUT2D eigenvalue weighted by atomic mass is 10.2. The number of ether oxygens (including phenoxy) is 1. The average Bonchev–Trinajstić information content (AvgIpc) is 2.38. The standard InChI is InChI=1S/C12H16BrN3O2/c1-15(11-3-2-9(13)8-10(11)14)12(17)16-4-6-18-7-5-16/h2-3,8H,4-7,14H2,1H3. The summed E-state index contributed by atoms with van der Waals surface area (Å²) < 4.78 is 6.13. The summed E-state index contributed by atoms with van der Waals surface area (Å²) in [5.41, 5.74) is 7.22. The van der Waals surface area contributed by atoms with E-state index in [0.29, 0.717) is 32.0 Å². The zero-order valence-corrected chi connectivity index (χ0v) is 11.8. The third-order valence-corrected chi connectivity index (χ3v) is 3.41. The number of amides is 2. The number of carbonyl (C=O) groups excluding carboxylic acids is 1. The number of nitrogen functional groups attached to an aromatic ring is 1. The molecule has 0 saturated carbocycles. The molecule has 1 saturated heterocycles. The summed E-state index contributed by atoms with van der Waals surface area (Å²) in [5, 5.41) is 0. The smallest absolute Gasteiger partial charge is 0.324 e. The number of nitrogens with zero attached hydrogens (tertiary/aromatic N) is 2. The van der Waals surface area contributed by atoms with E-state index in [9.17, 15) is 4.79 Å². The van der Waals surface area contributed by atoms with Crippen LogP contribution >= 0.6 is 15.9 Å². The molecule has 1 aliphatic heterocycles. The predicted octanol–water partition coefficient (Wildman–Crippen LogP) is 1.92. The Labute approximate surface area is 115 Å². The summed E-state index contributed by atoms with van der Waals surface area (Å²) in [4.78, 5) is 15.6. The number of benzene rings is 1. The monoisotopic (exact) mass is 313 g/mol. The fourth-order valence-electron chi connectivity index (χ4n) is 1.90. The van der Waals surface area contributed by atoms with Gasteiger partial charge in [-0.05, 0) is 18.2 Å². The molecule has 0 aliphatic carbocycles. The van der Waals surface area contributed by atoms with Gasteiger partial charge >= 0.3 is 6.03 Å². The highest BCUT2D eigenvalue weighted by molar-refractivity contribution is 9.10. The summed E-state index contributed by atoms with van der Waals surface area (Å²) in [5.74, 6) is 0. The summed E-state index contributed by atoms with van der Waals surface area (Å²) >= 11 is 3.35. The van der Waals surface area contributed by atoms with Gasteiger partial charge < -0.3 is 15.4 Å². The number of hydrogen-bond acceptors (Lipinski definition) is 3. The Morgan fingerprint density at radius 2 is 2.11 bits per heavy atom. The molecule has 0 bridgehead atoms. The molecule has 1 fully saturated rings. The van der Waals surface area contributed by atoms with Gasteiger partial charge in [-0.2, -0.15) is 0 Å². The van der Waals surface area contributed by atoms with E-state index in [0.717, 1.165) is 10.2 Å². The highest BCUT2D eigenvalue weighted by Crippen LogP contribution is 2.26. The van der Waals surface area contributed by atoms with Gasteiger partial charge in [0.1, 0.15) is 0 Å². The van der Waals surface area contributed by atoms with Gasteiger partial charge in [-0.1, -0.05) is 15.9 Å². The molecular formula is C12H16BrN3O2. The number of urea groups is 1. The fraction of sp³-hybridized carbons (Fsp3) is 0.417. The predicted molar refractivity (Wildman–Crippen MR) is 74.7 cm³/mol. The maximum absolute atomic E-state index is 12.3. The van der Waals surface area contributed by atoms with Gasteiger partial charge in [0.15, 0.2) is 0 Å². The largest absolute Gasteiger partial charge is 0.397 e. The minimum absolute atomic E-state index is 0.0488. The van der Waals surface area contributed by atoms with Crippen molar-refractivity contribution in [1.29, 1.82) is 0 Å². The van der Waals surface area contributed by atoms with Crippen molar-refractivity contribution in [2.45, 2.75) is 0 Å². The maximum atomic E-state index is 12.3. The van der Waals surface area contributed by atoms with Crippen molar-refractivity contribution in [2.24, 2.45) is 0 Å². The van der Waals surface area contributed by atoms with Gasteiger partial charge in [0.25, 0.3) is 0 Å². The lowest BCUT2D eigenvalue weighted by Crippen LogP contribution is -2.47. The summed E-state index contributed by atoms with van der Waals surface area (Å²) in [6.45, 7) is 2.43. The molecule has 0 spiro atoms. The average molecular weight is 314 g/mol. The van der Waals surface area contributed by atoms with Gasteiger partial charge in [-0.3, -0.25) is 4.90 Å². The second-order valence-corrected chi connectivity index (χ2v) is 5.06. The van der Waals surface area contributed by atoms with Gasteiger partial charge in [0, 0.05) is 24.6 Å². The normalized spacial score (nSPS) is 15.6. The minimum Gasteiger partial charge on any atom is -0.397 e. The molecule has 0 atom stereocenters. The molecule has 2 N–H and O–H groups in total. The van der Waals surface area contributed by atoms with E-state index < -0.39 is 0 Å². The van der Waals surface area contributed by atoms with Crippen LogP contribution in [0.4, 0.5) is 16.2 Å². The number of carbonyl (C=O) groups is 1. The highest BCUT2D eigenvalue weighted by atomic mass is 79.9. The lowest BCUT2D eigenvalue weighted by molar-refractivity contribution is 0.0551. The van der Waals surface area contributed by atoms with E-state index in [1.807, 2.05) is 12.1 Å². The Kier molecular flexibility index (Phi) is 4.08. The first kappa shape index (κ1) is 13.2.